The number of aryl methyl sites for hydroxylation is 1. The van der Waals surface area contributed by atoms with Crippen molar-refractivity contribution in [2.45, 2.75) is 26.3 Å². The van der Waals surface area contributed by atoms with E-state index in [2.05, 4.69) is 25.5 Å². The lowest BCUT2D eigenvalue weighted by molar-refractivity contribution is -0.117. The summed E-state index contributed by atoms with van der Waals surface area (Å²) in [5.74, 6) is 0.826. The molecule has 3 heterocycles. The average Bonchev–Trinajstić information content (AvgIpc) is 3.11. The number of carbonyl (C=O) groups excluding carboxylic acids is 1. The molecule has 1 atom stereocenters. The Balaban J connectivity index is 1.48. The minimum Gasteiger partial charge on any atom is -0.338 e. The number of carbonyl (C=O) groups is 1. The van der Waals surface area contributed by atoms with E-state index < -0.39 is 0 Å². The van der Waals surface area contributed by atoms with E-state index in [-0.39, 0.29) is 5.91 Å². The van der Waals surface area contributed by atoms with Gasteiger partial charge in [0.15, 0.2) is 0 Å². The van der Waals surface area contributed by atoms with Gasteiger partial charge in [-0.25, -0.2) is 4.98 Å². The van der Waals surface area contributed by atoms with Gasteiger partial charge >= 0.3 is 0 Å². The van der Waals surface area contributed by atoms with Gasteiger partial charge in [0.2, 0.25) is 11.8 Å². The van der Waals surface area contributed by atoms with Crippen molar-refractivity contribution in [2.75, 3.05) is 25.0 Å². The van der Waals surface area contributed by atoms with Crippen LogP contribution in [0.3, 0.4) is 0 Å². The number of aromatic nitrogens is 4. The van der Waals surface area contributed by atoms with E-state index in [1.54, 1.807) is 18.7 Å². The van der Waals surface area contributed by atoms with E-state index in [4.69, 9.17) is 4.52 Å². The molecule has 0 aliphatic carbocycles. The van der Waals surface area contributed by atoms with Crippen LogP contribution in [-0.2, 0) is 11.3 Å². The highest BCUT2D eigenvalue weighted by Gasteiger charge is 2.22. The van der Waals surface area contributed by atoms with E-state index >= 15 is 0 Å². The van der Waals surface area contributed by atoms with Gasteiger partial charge in [-0.2, -0.15) is 5.10 Å². The number of nitrogens with one attached hydrogen (secondary N) is 1. The predicted octanol–water partition coefficient (Wildman–Crippen LogP) is 0.925. The molecule has 1 amide bonds. The predicted molar refractivity (Wildman–Crippen MR) is 79.1 cm³/mol. The standard InChI is InChI=1S/C14H20N6O2/c1-11-5-14(22-18-11)17-13(21)8-19-4-2-3-12(6-19)7-20-10-15-9-16-20/h5,9-10,12H,2-4,6-8H2,1H3,(H,17,21)/t12-/m1/s1. The first kappa shape index (κ1) is 14.7. The second-order valence-electron chi connectivity index (χ2n) is 5.74. The Labute approximate surface area is 128 Å². The van der Waals surface area contributed by atoms with Crippen LogP contribution in [0, 0.1) is 12.8 Å². The molecule has 118 valence electrons. The third kappa shape index (κ3) is 3.91. The third-order valence-electron chi connectivity index (χ3n) is 3.77. The molecule has 22 heavy (non-hydrogen) atoms. The SMILES string of the molecule is Cc1cc(NC(=O)CN2CCC[C@@H](Cn3cncn3)C2)on1. The lowest BCUT2D eigenvalue weighted by Crippen LogP contribution is -2.41. The summed E-state index contributed by atoms with van der Waals surface area (Å²) in [5, 5.41) is 10.6. The topological polar surface area (TPSA) is 89.1 Å². The highest BCUT2D eigenvalue weighted by atomic mass is 16.5. The zero-order valence-electron chi connectivity index (χ0n) is 12.6. The molecule has 1 fully saturated rings. The molecule has 3 rings (SSSR count). The summed E-state index contributed by atoms with van der Waals surface area (Å²) in [6, 6.07) is 1.71. The minimum atomic E-state index is -0.0717. The normalized spacial score (nSPS) is 19.2. The Morgan fingerprint density at radius 2 is 2.45 bits per heavy atom. The van der Waals surface area contributed by atoms with Crippen molar-refractivity contribution in [3.8, 4) is 0 Å². The molecule has 8 nitrogen and oxygen atoms in total. The highest BCUT2D eigenvalue weighted by Crippen LogP contribution is 2.18. The van der Waals surface area contributed by atoms with Crippen LogP contribution in [0.4, 0.5) is 5.88 Å². The molecule has 1 N–H and O–H groups in total. The molecule has 2 aromatic heterocycles. The Bertz CT molecular complexity index is 609. The van der Waals surface area contributed by atoms with Crippen LogP contribution in [0.1, 0.15) is 18.5 Å². The van der Waals surface area contributed by atoms with Crippen LogP contribution in [0.25, 0.3) is 0 Å². The first-order valence-electron chi connectivity index (χ1n) is 7.47. The molecule has 0 aromatic carbocycles. The zero-order valence-corrected chi connectivity index (χ0v) is 12.6. The third-order valence-corrected chi connectivity index (χ3v) is 3.77. The van der Waals surface area contributed by atoms with Crippen molar-refractivity contribution in [3.05, 3.63) is 24.4 Å². The zero-order chi connectivity index (χ0) is 15.4. The van der Waals surface area contributed by atoms with Gasteiger partial charge in [-0.15, -0.1) is 0 Å². The molecule has 2 aromatic rings. The van der Waals surface area contributed by atoms with Crippen molar-refractivity contribution in [2.24, 2.45) is 5.92 Å². The molecular weight excluding hydrogens is 284 g/mol. The number of likely N-dealkylation sites (tertiary alicyclic amines) is 1. The van der Waals surface area contributed by atoms with Gasteiger partial charge < -0.3 is 4.52 Å². The highest BCUT2D eigenvalue weighted by molar-refractivity contribution is 5.90. The fourth-order valence-corrected chi connectivity index (χ4v) is 2.84. The van der Waals surface area contributed by atoms with Crippen molar-refractivity contribution in [1.29, 1.82) is 0 Å². The number of amides is 1. The summed E-state index contributed by atoms with van der Waals surface area (Å²) in [6.45, 7) is 4.87. The van der Waals surface area contributed by atoms with Crippen molar-refractivity contribution in [3.63, 3.8) is 0 Å². The van der Waals surface area contributed by atoms with E-state index in [0.29, 0.717) is 18.3 Å². The fourth-order valence-electron chi connectivity index (χ4n) is 2.84. The van der Waals surface area contributed by atoms with Gasteiger partial charge in [-0.3, -0.25) is 19.7 Å². The van der Waals surface area contributed by atoms with Gasteiger partial charge in [-0.05, 0) is 32.2 Å². The first-order chi connectivity index (χ1) is 10.7. The maximum Gasteiger partial charge on any atom is 0.240 e. The minimum absolute atomic E-state index is 0.0717. The maximum atomic E-state index is 12.0. The monoisotopic (exact) mass is 304 g/mol. The van der Waals surface area contributed by atoms with Crippen molar-refractivity contribution in [1.82, 2.24) is 24.8 Å². The van der Waals surface area contributed by atoms with Crippen LogP contribution >= 0.6 is 0 Å². The van der Waals surface area contributed by atoms with E-state index in [0.717, 1.165) is 38.2 Å². The lowest BCUT2D eigenvalue weighted by Gasteiger charge is -2.31. The maximum absolute atomic E-state index is 12.0. The Morgan fingerprint density at radius 1 is 1.55 bits per heavy atom. The Morgan fingerprint density at radius 3 is 3.18 bits per heavy atom. The van der Waals surface area contributed by atoms with Crippen LogP contribution in [0.5, 0.6) is 0 Å². The van der Waals surface area contributed by atoms with Crippen LogP contribution in [0.15, 0.2) is 23.2 Å². The number of nitrogens with zero attached hydrogens (tertiary/aromatic N) is 5. The number of hydrogen-bond acceptors (Lipinski definition) is 6. The van der Waals surface area contributed by atoms with Gasteiger partial charge in [0, 0.05) is 19.2 Å². The largest absolute Gasteiger partial charge is 0.338 e. The summed E-state index contributed by atoms with van der Waals surface area (Å²) in [5.41, 5.74) is 0.751. The van der Waals surface area contributed by atoms with E-state index in [9.17, 15) is 4.79 Å². The molecule has 0 radical (unpaired) electrons. The summed E-state index contributed by atoms with van der Waals surface area (Å²) in [4.78, 5) is 18.2. The fraction of sp³-hybridized carbons (Fsp3) is 0.571. The molecule has 0 unspecified atom stereocenters. The van der Waals surface area contributed by atoms with Crippen molar-refractivity contribution < 1.29 is 9.32 Å². The molecule has 1 aliphatic rings. The molecular formula is C14H20N6O2. The summed E-state index contributed by atoms with van der Waals surface area (Å²) in [6.07, 6.45) is 5.53. The van der Waals surface area contributed by atoms with Gasteiger partial charge in [0.05, 0.1) is 12.2 Å². The van der Waals surface area contributed by atoms with E-state index in [1.165, 1.54) is 0 Å². The van der Waals surface area contributed by atoms with E-state index in [1.807, 2.05) is 11.6 Å². The molecule has 1 saturated heterocycles. The van der Waals surface area contributed by atoms with Gasteiger partial charge in [-0.1, -0.05) is 5.16 Å². The second-order valence-corrected chi connectivity index (χ2v) is 5.74. The van der Waals surface area contributed by atoms with Crippen LogP contribution < -0.4 is 5.32 Å². The molecule has 0 bridgehead atoms. The molecule has 8 heteroatoms. The quantitative estimate of drug-likeness (QED) is 0.883. The average molecular weight is 304 g/mol. The van der Waals surface area contributed by atoms with Crippen LogP contribution in [-0.4, -0.2) is 50.4 Å². The first-order valence-corrected chi connectivity index (χ1v) is 7.47. The number of hydrogen-bond donors (Lipinski definition) is 1. The Hall–Kier alpha value is -2.22. The lowest BCUT2D eigenvalue weighted by atomic mass is 9.98. The van der Waals surface area contributed by atoms with Crippen molar-refractivity contribution >= 4 is 11.8 Å². The molecule has 1 aliphatic heterocycles. The molecule has 0 saturated carbocycles. The summed E-state index contributed by atoms with van der Waals surface area (Å²) >= 11 is 0. The van der Waals surface area contributed by atoms with Gasteiger partial charge in [0.1, 0.15) is 12.7 Å². The number of rotatable bonds is 5. The number of piperidine rings is 1. The smallest absolute Gasteiger partial charge is 0.240 e. The Kier molecular flexibility index (Phi) is 4.47. The van der Waals surface area contributed by atoms with Gasteiger partial charge in [0.25, 0.3) is 0 Å². The molecule has 0 spiro atoms. The van der Waals surface area contributed by atoms with Crippen LogP contribution in [0.2, 0.25) is 0 Å². The summed E-state index contributed by atoms with van der Waals surface area (Å²) < 4.78 is 6.85. The number of anilines is 1. The second kappa shape index (κ2) is 6.69. The summed E-state index contributed by atoms with van der Waals surface area (Å²) in [7, 11) is 0.